The number of benzene rings is 1. The molecule has 0 bridgehead atoms. The summed E-state index contributed by atoms with van der Waals surface area (Å²) in [6, 6.07) is 3.41. The molecule has 0 aliphatic heterocycles. The van der Waals surface area contributed by atoms with E-state index in [0.29, 0.717) is 11.2 Å². The third-order valence-corrected chi connectivity index (χ3v) is 6.12. The summed E-state index contributed by atoms with van der Waals surface area (Å²) in [6.45, 7) is 2.92. The molecule has 0 fully saturated rings. The van der Waals surface area contributed by atoms with Gasteiger partial charge in [0.1, 0.15) is 11.5 Å². The van der Waals surface area contributed by atoms with Gasteiger partial charge in [0.15, 0.2) is 11.6 Å². The Balaban J connectivity index is 1.89. The van der Waals surface area contributed by atoms with Crippen LogP contribution >= 0.6 is 0 Å². The number of alkyl halides is 1. The second kappa shape index (κ2) is 8.47. The fourth-order valence-electron chi connectivity index (χ4n) is 3.09. The summed E-state index contributed by atoms with van der Waals surface area (Å²) in [5.41, 5.74) is 1.57. The number of carbonyl (C=O) groups excluding carboxylic acids is 1. The first-order chi connectivity index (χ1) is 14.1. The zero-order chi connectivity index (χ0) is 22.1. The number of H-pyrrole nitrogens is 1. The molecule has 3 rings (SSSR count). The molecule has 0 radical (unpaired) electrons. The molecule has 10 heteroatoms. The number of halogens is 3. The average molecular weight is 439 g/mol. The van der Waals surface area contributed by atoms with Gasteiger partial charge in [-0.25, -0.2) is 22.2 Å². The van der Waals surface area contributed by atoms with Crippen LogP contribution in [-0.4, -0.2) is 36.6 Å². The quantitative estimate of drug-likeness (QED) is 0.519. The number of pyridine rings is 1. The minimum absolute atomic E-state index is 0.266. The minimum Gasteiger partial charge on any atom is -0.343 e. The first-order valence-corrected chi connectivity index (χ1v) is 10.8. The maximum absolute atomic E-state index is 14.8. The molecule has 30 heavy (non-hydrogen) atoms. The summed E-state index contributed by atoms with van der Waals surface area (Å²) in [5.74, 6) is -3.84. The highest BCUT2D eigenvalue weighted by Crippen LogP contribution is 2.25. The number of carbonyl (C=O) groups is 1. The van der Waals surface area contributed by atoms with Gasteiger partial charge in [0.05, 0.1) is 23.7 Å². The highest BCUT2D eigenvalue weighted by Gasteiger charge is 2.23. The lowest BCUT2D eigenvalue weighted by Crippen LogP contribution is -2.19. The van der Waals surface area contributed by atoms with Gasteiger partial charge in [-0.15, -0.1) is 0 Å². The summed E-state index contributed by atoms with van der Waals surface area (Å²) in [6.07, 6.45) is 0.852. The van der Waals surface area contributed by atoms with Gasteiger partial charge in [0, 0.05) is 23.7 Å². The second-order valence-electron chi connectivity index (χ2n) is 6.96. The van der Waals surface area contributed by atoms with Crippen molar-refractivity contribution in [3.63, 3.8) is 0 Å². The Hall–Kier alpha value is -2.88. The van der Waals surface area contributed by atoms with Crippen molar-refractivity contribution in [2.45, 2.75) is 26.7 Å². The average Bonchev–Trinajstić information content (AvgIpc) is 2.96. The predicted octanol–water partition coefficient (Wildman–Crippen LogP) is 3.98. The van der Waals surface area contributed by atoms with Gasteiger partial charge in [-0.05, 0) is 49.6 Å². The number of aromatic nitrogens is 2. The Morgan fingerprint density at radius 1 is 1.23 bits per heavy atom. The number of sulfonamides is 1. The van der Waals surface area contributed by atoms with E-state index in [9.17, 15) is 26.4 Å². The van der Waals surface area contributed by atoms with E-state index in [-0.39, 0.29) is 12.8 Å². The molecule has 0 saturated heterocycles. The highest BCUT2D eigenvalue weighted by molar-refractivity contribution is 7.92. The number of aryl methyl sites for hydroxylation is 2. The standard InChI is InChI=1S/C20H20F3N3O3S/c1-11-12(2)25-20-14(11)8-13(10-24-20)9-17(27)18-15(22)4-5-16(19(18)23)26-30(28,29)7-3-6-21/h4-5,8,10,26H,3,6-7,9H2,1-2H3,(H,24,25). The SMILES string of the molecule is Cc1[nH]c2ncc(CC(=O)c3c(F)ccc(NS(=O)(=O)CCCF)c3F)cc2c1C. The van der Waals surface area contributed by atoms with Gasteiger partial charge >= 0.3 is 0 Å². The van der Waals surface area contributed by atoms with E-state index in [1.165, 1.54) is 6.20 Å². The van der Waals surface area contributed by atoms with Crippen LogP contribution in [0.4, 0.5) is 18.9 Å². The first kappa shape index (κ1) is 21.8. The number of aromatic amines is 1. The minimum atomic E-state index is -4.04. The molecule has 0 atom stereocenters. The molecule has 0 amide bonds. The topological polar surface area (TPSA) is 91.9 Å². The van der Waals surface area contributed by atoms with Crippen LogP contribution in [0.15, 0.2) is 24.4 Å². The molecule has 1 aromatic carbocycles. The molecule has 3 aromatic rings. The van der Waals surface area contributed by atoms with Crippen molar-refractivity contribution in [3.05, 3.63) is 58.4 Å². The van der Waals surface area contributed by atoms with Crippen LogP contribution in [0, 0.1) is 25.5 Å². The Morgan fingerprint density at radius 3 is 2.67 bits per heavy atom. The number of anilines is 1. The van der Waals surface area contributed by atoms with Crippen LogP contribution < -0.4 is 4.72 Å². The number of fused-ring (bicyclic) bond motifs is 1. The second-order valence-corrected chi connectivity index (χ2v) is 8.80. The molecular weight excluding hydrogens is 419 g/mol. The molecule has 6 nitrogen and oxygen atoms in total. The fourth-order valence-corrected chi connectivity index (χ4v) is 4.17. The smallest absolute Gasteiger partial charge is 0.232 e. The van der Waals surface area contributed by atoms with Crippen LogP contribution in [-0.2, 0) is 16.4 Å². The highest BCUT2D eigenvalue weighted by atomic mass is 32.2. The van der Waals surface area contributed by atoms with Crippen molar-refractivity contribution < 1.29 is 26.4 Å². The van der Waals surface area contributed by atoms with Crippen LogP contribution in [0.2, 0.25) is 0 Å². The fraction of sp³-hybridized carbons (Fsp3) is 0.300. The van der Waals surface area contributed by atoms with Crippen molar-refractivity contribution in [2.24, 2.45) is 0 Å². The third kappa shape index (κ3) is 4.48. The molecule has 0 aliphatic rings. The normalized spacial score (nSPS) is 11.8. The molecule has 160 valence electrons. The number of hydrogen-bond donors (Lipinski definition) is 2. The van der Waals surface area contributed by atoms with E-state index in [1.807, 2.05) is 18.6 Å². The number of rotatable bonds is 8. The Bertz CT molecular complexity index is 1220. The van der Waals surface area contributed by atoms with Gasteiger partial charge in [-0.2, -0.15) is 0 Å². The summed E-state index contributed by atoms with van der Waals surface area (Å²) >= 11 is 0. The zero-order valence-corrected chi connectivity index (χ0v) is 17.2. The molecule has 2 aromatic heterocycles. The van der Waals surface area contributed by atoms with E-state index in [4.69, 9.17) is 0 Å². The lowest BCUT2D eigenvalue weighted by atomic mass is 10.0. The lowest BCUT2D eigenvalue weighted by Gasteiger charge is -2.11. The van der Waals surface area contributed by atoms with Gasteiger partial charge in [0.25, 0.3) is 0 Å². The van der Waals surface area contributed by atoms with E-state index in [2.05, 4.69) is 9.97 Å². The number of ketones is 1. The number of nitrogens with zero attached hydrogens (tertiary/aromatic N) is 1. The van der Waals surface area contributed by atoms with Crippen LogP contribution in [0.25, 0.3) is 11.0 Å². The number of hydrogen-bond acceptors (Lipinski definition) is 4. The molecule has 0 spiro atoms. The van der Waals surface area contributed by atoms with E-state index >= 15 is 0 Å². The zero-order valence-electron chi connectivity index (χ0n) is 16.4. The first-order valence-electron chi connectivity index (χ1n) is 9.14. The van der Waals surface area contributed by atoms with Crippen molar-refractivity contribution in [2.75, 3.05) is 17.1 Å². The van der Waals surface area contributed by atoms with Crippen molar-refractivity contribution in [1.29, 1.82) is 0 Å². The maximum atomic E-state index is 14.8. The molecule has 2 heterocycles. The summed E-state index contributed by atoms with van der Waals surface area (Å²) in [5, 5.41) is 0.799. The summed E-state index contributed by atoms with van der Waals surface area (Å²) < 4.78 is 67.0. The number of Topliss-reactive ketones (excluding diaryl/α,β-unsaturated/α-hetero) is 1. The Morgan fingerprint density at radius 2 is 1.97 bits per heavy atom. The predicted molar refractivity (Wildman–Crippen MR) is 108 cm³/mol. The van der Waals surface area contributed by atoms with Crippen LogP contribution in [0.5, 0.6) is 0 Å². The molecule has 2 N–H and O–H groups in total. The van der Waals surface area contributed by atoms with Gasteiger partial charge < -0.3 is 4.98 Å². The van der Waals surface area contributed by atoms with Gasteiger partial charge in [-0.1, -0.05) is 0 Å². The van der Waals surface area contributed by atoms with Crippen LogP contribution in [0.3, 0.4) is 0 Å². The Kier molecular flexibility index (Phi) is 6.16. The van der Waals surface area contributed by atoms with Crippen molar-refractivity contribution in [3.8, 4) is 0 Å². The van der Waals surface area contributed by atoms with Gasteiger partial charge in [0.2, 0.25) is 10.0 Å². The summed E-state index contributed by atoms with van der Waals surface area (Å²) in [7, 11) is -4.04. The van der Waals surface area contributed by atoms with Gasteiger partial charge in [-0.3, -0.25) is 13.9 Å². The monoisotopic (exact) mass is 439 g/mol. The largest absolute Gasteiger partial charge is 0.343 e. The molecule has 0 aliphatic carbocycles. The van der Waals surface area contributed by atoms with Crippen molar-refractivity contribution >= 4 is 32.5 Å². The molecular formula is C20H20F3N3O3S. The summed E-state index contributed by atoms with van der Waals surface area (Å²) in [4.78, 5) is 20.0. The van der Waals surface area contributed by atoms with Crippen LogP contribution in [0.1, 0.15) is 33.6 Å². The van der Waals surface area contributed by atoms with Crippen molar-refractivity contribution in [1.82, 2.24) is 9.97 Å². The van der Waals surface area contributed by atoms with E-state index in [0.717, 1.165) is 28.8 Å². The molecule has 0 saturated carbocycles. The van der Waals surface area contributed by atoms with E-state index in [1.54, 1.807) is 6.07 Å². The third-order valence-electron chi connectivity index (χ3n) is 4.76. The lowest BCUT2D eigenvalue weighted by molar-refractivity contribution is 0.0985. The number of nitrogens with one attached hydrogen (secondary N) is 2. The maximum Gasteiger partial charge on any atom is 0.232 e. The van der Waals surface area contributed by atoms with E-state index < -0.39 is 51.1 Å². The Labute approximate surface area is 171 Å². The molecule has 0 unspecified atom stereocenters.